The van der Waals surface area contributed by atoms with Crippen LogP contribution in [-0.2, 0) is 16.0 Å². The number of nitrogens with one attached hydrogen (secondary N) is 1. The van der Waals surface area contributed by atoms with Gasteiger partial charge in [-0.3, -0.25) is 14.2 Å². The van der Waals surface area contributed by atoms with E-state index in [0.29, 0.717) is 17.0 Å². The van der Waals surface area contributed by atoms with Crippen LogP contribution in [-0.4, -0.2) is 45.7 Å². The monoisotopic (exact) mass is 445 g/mol. The predicted octanol–water partition coefficient (Wildman–Crippen LogP) is 3.27. The Morgan fingerprint density at radius 2 is 2.10 bits per heavy atom. The summed E-state index contributed by atoms with van der Waals surface area (Å²) >= 11 is 2.91. The second-order valence-electron chi connectivity index (χ2n) is 8.02. The zero-order chi connectivity index (χ0) is 21.3. The first-order valence-electron chi connectivity index (χ1n) is 10.3. The molecular weight excluding hydrogens is 418 g/mol. The molecule has 3 heterocycles. The van der Waals surface area contributed by atoms with Gasteiger partial charge in [0.2, 0.25) is 5.91 Å². The third-order valence-corrected chi connectivity index (χ3v) is 7.38. The van der Waals surface area contributed by atoms with E-state index in [-0.39, 0.29) is 23.3 Å². The molecule has 0 bridgehead atoms. The molecule has 30 heavy (non-hydrogen) atoms. The number of aryl methyl sites for hydroxylation is 2. The fourth-order valence-corrected chi connectivity index (χ4v) is 5.87. The van der Waals surface area contributed by atoms with Crippen molar-refractivity contribution in [1.29, 1.82) is 0 Å². The summed E-state index contributed by atoms with van der Waals surface area (Å²) in [6.07, 6.45) is 2.93. The minimum Gasteiger partial charge on any atom is -0.376 e. The van der Waals surface area contributed by atoms with Crippen LogP contribution < -0.4 is 10.9 Å². The van der Waals surface area contributed by atoms with E-state index in [2.05, 4.69) is 18.3 Å². The zero-order valence-corrected chi connectivity index (χ0v) is 19.2. The summed E-state index contributed by atoms with van der Waals surface area (Å²) in [4.78, 5) is 31.3. The molecule has 1 aromatic heterocycles. The quantitative estimate of drug-likeness (QED) is 0.543. The van der Waals surface area contributed by atoms with Gasteiger partial charge in [-0.05, 0) is 49.9 Å². The van der Waals surface area contributed by atoms with Crippen LogP contribution in [0.1, 0.15) is 36.6 Å². The fourth-order valence-electron chi connectivity index (χ4n) is 3.92. The first-order chi connectivity index (χ1) is 14.4. The van der Waals surface area contributed by atoms with E-state index >= 15 is 0 Å². The van der Waals surface area contributed by atoms with Gasteiger partial charge in [0.25, 0.3) is 5.56 Å². The molecule has 0 spiro atoms. The molecule has 2 aromatic rings. The maximum absolute atomic E-state index is 13.4. The number of hydrogen-bond donors (Lipinski definition) is 1. The highest BCUT2D eigenvalue weighted by Gasteiger charge is 2.27. The van der Waals surface area contributed by atoms with Gasteiger partial charge in [-0.15, -0.1) is 11.8 Å². The van der Waals surface area contributed by atoms with E-state index in [0.717, 1.165) is 53.3 Å². The number of thioether (sulfide) groups is 2. The Morgan fingerprint density at radius 3 is 2.80 bits per heavy atom. The number of aromatic nitrogens is 2. The lowest BCUT2D eigenvalue weighted by Crippen LogP contribution is -2.33. The summed E-state index contributed by atoms with van der Waals surface area (Å²) in [6, 6.07) is 6.07. The molecule has 4 rings (SSSR count). The highest BCUT2D eigenvalue weighted by molar-refractivity contribution is 8.00. The van der Waals surface area contributed by atoms with Crippen LogP contribution in [0.4, 0.5) is 0 Å². The minimum absolute atomic E-state index is 0.0402. The SMILES string of the molecule is Cc1cc(C)cc(-n2c(SCC(=O)NC[C@H]3CCCO3)nc3c(c2=O)S[C@H](C)C3)c1. The molecule has 8 heteroatoms. The number of benzene rings is 1. The van der Waals surface area contributed by atoms with Crippen molar-refractivity contribution in [2.45, 2.75) is 61.4 Å². The molecule has 6 nitrogen and oxygen atoms in total. The van der Waals surface area contributed by atoms with E-state index in [9.17, 15) is 9.59 Å². The summed E-state index contributed by atoms with van der Waals surface area (Å²) in [5.74, 6) is 0.144. The first-order valence-corrected chi connectivity index (χ1v) is 12.2. The predicted molar refractivity (Wildman–Crippen MR) is 121 cm³/mol. The lowest BCUT2D eigenvalue weighted by atomic mass is 10.1. The molecular formula is C22H27N3O3S2. The van der Waals surface area contributed by atoms with Crippen LogP contribution in [0.25, 0.3) is 5.69 Å². The third-order valence-electron chi connectivity index (χ3n) is 5.23. The molecule has 1 fully saturated rings. The molecule has 0 radical (unpaired) electrons. The Kier molecular flexibility index (Phi) is 6.55. The van der Waals surface area contributed by atoms with E-state index in [1.54, 1.807) is 16.3 Å². The average molecular weight is 446 g/mol. The highest BCUT2D eigenvalue weighted by Crippen LogP contribution is 2.35. The van der Waals surface area contributed by atoms with Gasteiger partial charge >= 0.3 is 0 Å². The van der Waals surface area contributed by atoms with Gasteiger partial charge in [0.05, 0.1) is 28.1 Å². The van der Waals surface area contributed by atoms with Crippen molar-refractivity contribution in [3.8, 4) is 5.69 Å². The number of fused-ring (bicyclic) bond motifs is 1. The van der Waals surface area contributed by atoms with Gasteiger partial charge in [-0.2, -0.15) is 0 Å². The number of amides is 1. The van der Waals surface area contributed by atoms with Crippen molar-refractivity contribution >= 4 is 29.4 Å². The third kappa shape index (κ3) is 4.76. The normalized spacial score (nSPS) is 20.4. The van der Waals surface area contributed by atoms with Crippen molar-refractivity contribution in [2.75, 3.05) is 18.9 Å². The van der Waals surface area contributed by atoms with Crippen molar-refractivity contribution in [3.63, 3.8) is 0 Å². The van der Waals surface area contributed by atoms with Gasteiger partial charge in [0, 0.05) is 24.8 Å². The van der Waals surface area contributed by atoms with E-state index in [1.165, 1.54) is 11.8 Å². The van der Waals surface area contributed by atoms with Gasteiger partial charge < -0.3 is 10.1 Å². The number of carbonyl (C=O) groups excluding carboxylic acids is 1. The number of rotatable bonds is 6. The number of hydrogen-bond acceptors (Lipinski definition) is 6. The molecule has 0 saturated carbocycles. The largest absolute Gasteiger partial charge is 0.376 e. The van der Waals surface area contributed by atoms with Gasteiger partial charge in [-0.1, -0.05) is 24.8 Å². The summed E-state index contributed by atoms with van der Waals surface area (Å²) in [5.41, 5.74) is 3.78. The van der Waals surface area contributed by atoms with E-state index in [1.807, 2.05) is 26.0 Å². The van der Waals surface area contributed by atoms with Crippen molar-refractivity contribution in [2.24, 2.45) is 0 Å². The second-order valence-corrected chi connectivity index (χ2v) is 10.4. The molecule has 2 aliphatic heterocycles. The zero-order valence-electron chi connectivity index (χ0n) is 17.6. The molecule has 1 N–H and O–H groups in total. The van der Waals surface area contributed by atoms with Crippen LogP contribution in [0, 0.1) is 13.8 Å². The molecule has 2 atom stereocenters. The van der Waals surface area contributed by atoms with E-state index < -0.39 is 0 Å². The molecule has 1 aromatic carbocycles. The maximum Gasteiger partial charge on any atom is 0.272 e. The smallest absolute Gasteiger partial charge is 0.272 e. The Hall–Kier alpha value is -1.77. The highest BCUT2D eigenvalue weighted by atomic mass is 32.2. The van der Waals surface area contributed by atoms with Crippen LogP contribution in [0.15, 0.2) is 33.0 Å². The summed E-state index contributed by atoms with van der Waals surface area (Å²) < 4.78 is 7.23. The molecule has 2 aliphatic rings. The Bertz CT molecular complexity index is 995. The maximum atomic E-state index is 13.4. The fraction of sp³-hybridized carbons (Fsp3) is 0.500. The second kappa shape index (κ2) is 9.16. The molecule has 0 unspecified atom stereocenters. The number of nitrogens with zero attached hydrogens (tertiary/aromatic N) is 2. The summed E-state index contributed by atoms with van der Waals surface area (Å²) in [7, 11) is 0. The standard InChI is InChI=1S/C22H27N3O3S2/c1-13-7-14(2)9-16(8-13)25-21(27)20-18(10-15(3)30-20)24-22(25)29-12-19(26)23-11-17-5-4-6-28-17/h7-9,15,17H,4-6,10-12H2,1-3H3,(H,23,26)/t15-,17-/m1/s1. The molecule has 1 saturated heterocycles. The van der Waals surface area contributed by atoms with Crippen molar-refractivity contribution < 1.29 is 9.53 Å². The number of carbonyl (C=O) groups is 1. The Balaban J connectivity index is 1.59. The lowest BCUT2D eigenvalue weighted by Gasteiger charge is -2.15. The van der Waals surface area contributed by atoms with Gasteiger partial charge in [0.1, 0.15) is 0 Å². The van der Waals surface area contributed by atoms with Crippen LogP contribution in [0.5, 0.6) is 0 Å². The van der Waals surface area contributed by atoms with Crippen LogP contribution in [0.2, 0.25) is 0 Å². The lowest BCUT2D eigenvalue weighted by molar-refractivity contribution is -0.119. The first kappa shape index (κ1) is 21.5. The Labute approximate surface area is 185 Å². The number of ether oxygens (including phenoxy) is 1. The Morgan fingerprint density at radius 1 is 1.33 bits per heavy atom. The van der Waals surface area contributed by atoms with Crippen molar-refractivity contribution in [1.82, 2.24) is 14.9 Å². The summed E-state index contributed by atoms with van der Waals surface area (Å²) in [6.45, 7) is 7.45. The van der Waals surface area contributed by atoms with Gasteiger partial charge in [0.15, 0.2) is 5.16 Å². The minimum atomic E-state index is -0.0695. The average Bonchev–Trinajstić information content (AvgIpc) is 3.33. The van der Waals surface area contributed by atoms with Gasteiger partial charge in [-0.25, -0.2) is 4.98 Å². The van der Waals surface area contributed by atoms with Crippen LogP contribution in [0.3, 0.4) is 0 Å². The molecule has 160 valence electrons. The van der Waals surface area contributed by atoms with E-state index in [4.69, 9.17) is 9.72 Å². The van der Waals surface area contributed by atoms with Crippen molar-refractivity contribution in [3.05, 3.63) is 45.4 Å². The molecule has 1 amide bonds. The van der Waals surface area contributed by atoms with Crippen LogP contribution >= 0.6 is 23.5 Å². The molecule has 0 aliphatic carbocycles. The topological polar surface area (TPSA) is 73.2 Å². The summed E-state index contributed by atoms with van der Waals surface area (Å²) in [5, 5.41) is 3.85.